The second kappa shape index (κ2) is 5.63. The second-order valence-corrected chi connectivity index (χ2v) is 6.58. The number of rotatable bonds is 3. The molecule has 0 aliphatic heterocycles. The molecule has 2 heterocycles. The Morgan fingerprint density at radius 2 is 2.11 bits per heavy atom. The average molecular weight is 296 g/mol. The zero-order valence-electron chi connectivity index (χ0n) is 11.1. The highest BCUT2D eigenvalue weighted by molar-refractivity contribution is 7.18. The largest absolute Gasteiger partial charge is 0.351 e. The Morgan fingerprint density at radius 1 is 1.32 bits per heavy atom. The number of nitrogens with one attached hydrogen (secondary N) is 1. The van der Waals surface area contributed by atoms with Gasteiger partial charge >= 0.3 is 0 Å². The van der Waals surface area contributed by atoms with Gasteiger partial charge in [-0.15, -0.1) is 11.3 Å². The Bertz CT molecular complexity index is 575. The normalized spacial score (nSPS) is 16.9. The minimum atomic E-state index is 0.507. The predicted molar refractivity (Wildman–Crippen MR) is 82.3 cm³/mol. The van der Waals surface area contributed by atoms with E-state index in [2.05, 4.69) is 28.3 Å². The molecule has 3 rings (SSSR count). The molecule has 1 aliphatic carbocycles. The molecule has 0 spiro atoms. The number of hydrogen-bond donors (Lipinski definition) is 1. The van der Waals surface area contributed by atoms with Crippen molar-refractivity contribution in [2.24, 2.45) is 0 Å². The Morgan fingerprint density at radius 3 is 2.84 bits per heavy atom. The van der Waals surface area contributed by atoms with Crippen LogP contribution < -0.4 is 5.32 Å². The van der Waals surface area contributed by atoms with Crippen LogP contribution in [0.4, 0.5) is 5.95 Å². The molecule has 0 aromatic carbocycles. The second-order valence-electron chi connectivity index (χ2n) is 5.10. The van der Waals surface area contributed by atoms with Crippen LogP contribution >= 0.6 is 22.9 Å². The number of aromatic nitrogens is 2. The van der Waals surface area contributed by atoms with Crippen molar-refractivity contribution in [3.05, 3.63) is 16.1 Å². The number of nitrogens with zero attached hydrogens (tertiary/aromatic N) is 2. The van der Waals surface area contributed by atoms with Crippen molar-refractivity contribution in [2.75, 3.05) is 5.32 Å². The first-order chi connectivity index (χ1) is 9.26. The van der Waals surface area contributed by atoms with Crippen LogP contribution in [0.1, 0.15) is 43.9 Å². The third-order valence-corrected chi connectivity index (χ3v) is 5.15. The zero-order valence-corrected chi connectivity index (χ0v) is 12.7. The molecule has 2 aromatic rings. The maximum absolute atomic E-state index is 6.27. The van der Waals surface area contributed by atoms with E-state index in [4.69, 9.17) is 11.6 Å². The first kappa shape index (κ1) is 13.1. The molecule has 102 valence electrons. The van der Waals surface area contributed by atoms with E-state index in [1.54, 1.807) is 11.3 Å². The molecule has 2 aromatic heterocycles. The molecule has 5 heteroatoms. The summed E-state index contributed by atoms with van der Waals surface area (Å²) in [5.74, 6) is 0.689. The third-order valence-electron chi connectivity index (χ3n) is 3.68. The highest BCUT2D eigenvalue weighted by Gasteiger charge is 2.16. The van der Waals surface area contributed by atoms with E-state index in [1.807, 2.05) is 0 Å². The third kappa shape index (κ3) is 2.84. The van der Waals surface area contributed by atoms with Gasteiger partial charge in [0.15, 0.2) is 0 Å². The average Bonchev–Trinajstić information content (AvgIpc) is 2.83. The summed E-state index contributed by atoms with van der Waals surface area (Å²) >= 11 is 7.98. The SMILES string of the molecule is CCc1cc2c(Cl)nc(NC3CCCCC3)nc2s1. The lowest BCUT2D eigenvalue weighted by Crippen LogP contribution is -2.23. The molecule has 0 amide bonds. The van der Waals surface area contributed by atoms with Gasteiger partial charge in [0.05, 0.1) is 0 Å². The van der Waals surface area contributed by atoms with Crippen molar-refractivity contribution >= 4 is 39.1 Å². The number of thiophene rings is 1. The van der Waals surface area contributed by atoms with E-state index < -0.39 is 0 Å². The fourth-order valence-electron chi connectivity index (χ4n) is 2.60. The van der Waals surface area contributed by atoms with Gasteiger partial charge in [0.2, 0.25) is 5.95 Å². The molecule has 0 bridgehead atoms. The van der Waals surface area contributed by atoms with Crippen molar-refractivity contribution in [3.63, 3.8) is 0 Å². The van der Waals surface area contributed by atoms with Gasteiger partial charge in [-0.05, 0) is 25.3 Å². The van der Waals surface area contributed by atoms with E-state index in [0.29, 0.717) is 17.1 Å². The van der Waals surface area contributed by atoms with E-state index in [9.17, 15) is 0 Å². The summed E-state index contributed by atoms with van der Waals surface area (Å²) in [5.41, 5.74) is 0. The maximum atomic E-state index is 6.27. The monoisotopic (exact) mass is 295 g/mol. The molecule has 0 atom stereocenters. The molecule has 3 nitrogen and oxygen atoms in total. The fourth-order valence-corrected chi connectivity index (χ4v) is 3.85. The van der Waals surface area contributed by atoms with Crippen LogP contribution in [0.3, 0.4) is 0 Å². The van der Waals surface area contributed by atoms with Crippen LogP contribution in [0.25, 0.3) is 10.2 Å². The van der Waals surface area contributed by atoms with E-state index in [1.165, 1.54) is 37.0 Å². The summed E-state index contributed by atoms with van der Waals surface area (Å²) in [4.78, 5) is 11.3. The quantitative estimate of drug-likeness (QED) is 0.838. The van der Waals surface area contributed by atoms with Crippen molar-refractivity contribution in [1.29, 1.82) is 0 Å². The van der Waals surface area contributed by atoms with E-state index >= 15 is 0 Å². The van der Waals surface area contributed by atoms with Crippen molar-refractivity contribution in [3.8, 4) is 0 Å². The molecule has 1 aliphatic rings. The summed E-state index contributed by atoms with van der Waals surface area (Å²) in [6.07, 6.45) is 7.39. The Hall–Kier alpha value is -0.870. The molecule has 1 N–H and O–H groups in total. The summed E-state index contributed by atoms with van der Waals surface area (Å²) in [5, 5.41) is 4.99. The van der Waals surface area contributed by atoms with Crippen molar-refractivity contribution < 1.29 is 0 Å². The van der Waals surface area contributed by atoms with E-state index in [0.717, 1.165) is 16.6 Å². The molecule has 1 saturated carbocycles. The number of hydrogen-bond acceptors (Lipinski definition) is 4. The lowest BCUT2D eigenvalue weighted by atomic mass is 9.96. The minimum Gasteiger partial charge on any atom is -0.351 e. The van der Waals surface area contributed by atoms with Gasteiger partial charge in [0, 0.05) is 16.3 Å². The Labute approximate surface area is 122 Å². The van der Waals surface area contributed by atoms with Gasteiger partial charge in [-0.25, -0.2) is 9.97 Å². The van der Waals surface area contributed by atoms with Crippen LogP contribution in [-0.2, 0) is 6.42 Å². The number of halogens is 1. The summed E-state index contributed by atoms with van der Waals surface area (Å²) in [6.45, 7) is 2.15. The van der Waals surface area contributed by atoms with Gasteiger partial charge in [0.25, 0.3) is 0 Å². The van der Waals surface area contributed by atoms with Gasteiger partial charge in [-0.2, -0.15) is 0 Å². The highest BCUT2D eigenvalue weighted by atomic mass is 35.5. The minimum absolute atomic E-state index is 0.507. The Balaban J connectivity index is 1.87. The lowest BCUT2D eigenvalue weighted by Gasteiger charge is -2.22. The van der Waals surface area contributed by atoms with Gasteiger partial charge in [-0.1, -0.05) is 37.8 Å². The standard InChI is InChI=1S/C14H18ClN3S/c1-2-10-8-11-12(15)17-14(18-13(11)19-10)16-9-6-4-3-5-7-9/h8-9H,2-7H2,1H3,(H,16,17,18). The van der Waals surface area contributed by atoms with E-state index in [-0.39, 0.29) is 0 Å². The number of aryl methyl sites for hydroxylation is 1. The predicted octanol–water partition coefficient (Wildman–Crippen LogP) is 4.65. The highest BCUT2D eigenvalue weighted by Crippen LogP contribution is 2.30. The lowest BCUT2D eigenvalue weighted by molar-refractivity contribution is 0.461. The molecule has 0 radical (unpaired) electrons. The fraction of sp³-hybridized carbons (Fsp3) is 0.571. The van der Waals surface area contributed by atoms with Gasteiger partial charge < -0.3 is 5.32 Å². The molecule has 0 saturated heterocycles. The first-order valence-corrected chi connectivity index (χ1v) is 8.18. The summed E-state index contributed by atoms with van der Waals surface area (Å²) in [6, 6.07) is 2.61. The molecule has 1 fully saturated rings. The molecule has 19 heavy (non-hydrogen) atoms. The van der Waals surface area contributed by atoms with Crippen LogP contribution in [-0.4, -0.2) is 16.0 Å². The first-order valence-electron chi connectivity index (χ1n) is 6.98. The van der Waals surface area contributed by atoms with Crippen molar-refractivity contribution in [2.45, 2.75) is 51.5 Å². The number of fused-ring (bicyclic) bond motifs is 1. The number of anilines is 1. The van der Waals surface area contributed by atoms with Crippen LogP contribution in [0.5, 0.6) is 0 Å². The maximum Gasteiger partial charge on any atom is 0.225 e. The van der Waals surface area contributed by atoms with Crippen LogP contribution in [0, 0.1) is 0 Å². The van der Waals surface area contributed by atoms with Gasteiger partial charge in [0.1, 0.15) is 9.98 Å². The van der Waals surface area contributed by atoms with Crippen molar-refractivity contribution in [1.82, 2.24) is 9.97 Å². The Kier molecular flexibility index (Phi) is 3.89. The topological polar surface area (TPSA) is 37.8 Å². The summed E-state index contributed by atoms with van der Waals surface area (Å²) in [7, 11) is 0. The zero-order chi connectivity index (χ0) is 13.2. The van der Waals surface area contributed by atoms with Crippen LogP contribution in [0.2, 0.25) is 5.15 Å². The molecular weight excluding hydrogens is 278 g/mol. The van der Waals surface area contributed by atoms with Gasteiger partial charge in [-0.3, -0.25) is 0 Å². The summed E-state index contributed by atoms with van der Waals surface area (Å²) < 4.78 is 0. The molecule has 0 unspecified atom stereocenters. The smallest absolute Gasteiger partial charge is 0.225 e. The molecular formula is C14H18ClN3S. The van der Waals surface area contributed by atoms with Crippen LogP contribution in [0.15, 0.2) is 6.07 Å².